The van der Waals surface area contributed by atoms with Gasteiger partial charge in [0, 0.05) is 25.0 Å². The van der Waals surface area contributed by atoms with Crippen molar-refractivity contribution >= 4 is 0 Å². The third-order valence-corrected chi connectivity index (χ3v) is 3.75. The average molecular weight is 232 g/mol. The van der Waals surface area contributed by atoms with Gasteiger partial charge in [-0.2, -0.15) is 0 Å². The van der Waals surface area contributed by atoms with Crippen molar-refractivity contribution < 1.29 is 0 Å². The van der Waals surface area contributed by atoms with Gasteiger partial charge in [0.25, 0.3) is 0 Å². The van der Waals surface area contributed by atoms with Crippen molar-refractivity contribution in [1.29, 1.82) is 0 Å². The van der Waals surface area contributed by atoms with Crippen molar-refractivity contribution in [2.24, 2.45) is 0 Å². The molecule has 1 aromatic carbocycles. The highest BCUT2D eigenvalue weighted by atomic mass is 15.1. The Balaban J connectivity index is 1.67. The van der Waals surface area contributed by atoms with Gasteiger partial charge in [0.05, 0.1) is 0 Å². The number of nitrogens with one attached hydrogen (secondary N) is 1. The molecule has 0 heterocycles. The van der Waals surface area contributed by atoms with Crippen LogP contribution >= 0.6 is 0 Å². The molecule has 0 saturated heterocycles. The zero-order chi connectivity index (χ0) is 12.1. The summed E-state index contributed by atoms with van der Waals surface area (Å²) in [6.45, 7) is 9.07. The molecular weight excluding hydrogens is 208 g/mol. The molecule has 0 radical (unpaired) electrons. The number of hydrogen-bond acceptors (Lipinski definition) is 2. The predicted octanol–water partition coefficient (Wildman–Crippen LogP) is 2.47. The van der Waals surface area contributed by atoms with E-state index in [2.05, 4.69) is 54.4 Å². The molecule has 2 heteroatoms. The number of benzene rings is 1. The molecule has 2 nitrogen and oxygen atoms in total. The Morgan fingerprint density at radius 1 is 1.18 bits per heavy atom. The second-order valence-corrected chi connectivity index (χ2v) is 4.84. The Morgan fingerprint density at radius 2 is 1.88 bits per heavy atom. The summed E-state index contributed by atoms with van der Waals surface area (Å²) in [4.78, 5) is 2.47. The summed E-state index contributed by atoms with van der Waals surface area (Å²) >= 11 is 0. The molecule has 94 valence electrons. The lowest BCUT2D eigenvalue weighted by Gasteiger charge is -2.18. The van der Waals surface area contributed by atoms with Crippen LogP contribution in [0.4, 0.5) is 0 Å². The van der Waals surface area contributed by atoms with Gasteiger partial charge < -0.3 is 10.2 Å². The first-order valence-corrected chi connectivity index (χ1v) is 6.85. The summed E-state index contributed by atoms with van der Waals surface area (Å²) < 4.78 is 0. The molecular formula is C15H24N2. The van der Waals surface area contributed by atoms with Gasteiger partial charge in [-0.15, -0.1) is 0 Å². The molecule has 1 aliphatic carbocycles. The third kappa shape index (κ3) is 3.55. The van der Waals surface area contributed by atoms with Crippen molar-refractivity contribution in [3.05, 3.63) is 35.9 Å². The standard InChI is InChI=1S/C15H24N2/c1-3-17(4-2)11-10-16-15-12-14(15)13-8-6-5-7-9-13/h5-9,14-16H,3-4,10-12H2,1-2H3/t14-,15+/m0/s1. The fourth-order valence-electron chi connectivity index (χ4n) is 2.44. The molecule has 0 bridgehead atoms. The van der Waals surface area contributed by atoms with Gasteiger partial charge in [-0.1, -0.05) is 44.2 Å². The van der Waals surface area contributed by atoms with Gasteiger partial charge in [0.1, 0.15) is 0 Å². The van der Waals surface area contributed by atoms with Gasteiger partial charge >= 0.3 is 0 Å². The summed E-state index contributed by atoms with van der Waals surface area (Å²) in [6.07, 6.45) is 1.31. The molecule has 2 atom stereocenters. The van der Waals surface area contributed by atoms with E-state index < -0.39 is 0 Å². The minimum Gasteiger partial charge on any atom is -0.312 e. The zero-order valence-electron chi connectivity index (χ0n) is 11.0. The van der Waals surface area contributed by atoms with Crippen LogP contribution in [0.2, 0.25) is 0 Å². The molecule has 2 rings (SSSR count). The maximum atomic E-state index is 3.66. The average Bonchev–Trinajstić information content (AvgIpc) is 3.15. The van der Waals surface area contributed by atoms with Crippen molar-refractivity contribution in [1.82, 2.24) is 10.2 Å². The second kappa shape index (κ2) is 6.18. The van der Waals surface area contributed by atoms with Crippen LogP contribution in [-0.4, -0.2) is 37.1 Å². The summed E-state index contributed by atoms with van der Waals surface area (Å²) in [5.74, 6) is 0.757. The molecule has 0 amide bonds. The lowest BCUT2D eigenvalue weighted by molar-refractivity contribution is 0.302. The van der Waals surface area contributed by atoms with Gasteiger partial charge in [-0.25, -0.2) is 0 Å². The number of hydrogen-bond donors (Lipinski definition) is 1. The van der Waals surface area contributed by atoms with Crippen molar-refractivity contribution in [3.63, 3.8) is 0 Å². The number of rotatable bonds is 7. The first-order valence-electron chi connectivity index (χ1n) is 6.85. The first-order chi connectivity index (χ1) is 8.35. The highest BCUT2D eigenvalue weighted by Crippen LogP contribution is 2.40. The van der Waals surface area contributed by atoms with Crippen LogP contribution in [0.25, 0.3) is 0 Å². The molecule has 0 spiro atoms. The minimum absolute atomic E-state index is 0.716. The van der Waals surface area contributed by atoms with E-state index in [1.807, 2.05) is 0 Å². The van der Waals surface area contributed by atoms with Crippen LogP contribution in [0.15, 0.2) is 30.3 Å². The van der Waals surface area contributed by atoms with Crippen LogP contribution in [0.1, 0.15) is 31.7 Å². The quantitative estimate of drug-likeness (QED) is 0.777. The Labute approximate surface area is 105 Å². The summed E-state index contributed by atoms with van der Waals surface area (Å²) in [5.41, 5.74) is 1.49. The van der Waals surface area contributed by atoms with Crippen LogP contribution < -0.4 is 5.32 Å². The van der Waals surface area contributed by atoms with Gasteiger partial charge in [-0.3, -0.25) is 0 Å². The van der Waals surface area contributed by atoms with Crippen LogP contribution in [0.3, 0.4) is 0 Å². The molecule has 0 unspecified atom stereocenters. The molecule has 1 fully saturated rings. The lowest BCUT2D eigenvalue weighted by atomic mass is 10.1. The number of likely N-dealkylation sites (N-methyl/N-ethyl adjacent to an activating group) is 1. The summed E-state index contributed by atoms with van der Waals surface area (Å²) in [5, 5.41) is 3.66. The SMILES string of the molecule is CCN(CC)CCN[C@@H]1C[C@H]1c1ccccc1. The van der Waals surface area contributed by atoms with E-state index in [9.17, 15) is 0 Å². The van der Waals surface area contributed by atoms with Crippen LogP contribution in [0.5, 0.6) is 0 Å². The Bertz CT molecular complexity index is 319. The fraction of sp³-hybridized carbons (Fsp3) is 0.600. The number of nitrogens with zero attached hydrogens (tertiary/aromatic N) is 1. The Morgan fingerprint density at radius 3 is 2.53 bits per heavy atom. The lowest BCUT2D eigenvalue weighted by Crippen LogP contribution is -2.33. The van der Waals surface area contributed by atoms with Crippen LogP contribution in [-0.2, 0) is 0 Å². The zero-order valence-corrected chi connectivity index (χ0v) is 11.0. The molecule has 17 heavy (non-hydrogen) atoms. The predicted molar refractivity (Wildman–Crippen MR) is 73.4 cm³/mol. The van der Waals surface area contributed by atoms with E-state index in [4.69, 9.17) is 0 Å². The van der Waals surface area contributed by atoms with Gasteiger partial charge in [-0.05, 0) is 25.1 Å². The van der Waals surface area contributed by atoms with E-state index in [0.717, 1.165) is 25.6 Å². The van der Waals surface area contributed by atoms with Gasteiger partial charge in [0.2, 0.25) is 0 Å². The molecule has 1 aliphatic rings. The summed E-state index contributed by atoms with van der Waals surface area (Å²) in [7, 11) is 0. The maximum Gasteiger partial charge on any atom is 0.0143 e. The first kappa shape index (κ1) is 12.6. The highest BCUT2D eigenvalue weighted by Gasteiger charge is 2.37. The fourth-order valence-corrected chi connectivity index (χ4v) is 2.44. The van der Waals surface area contributed by atoms with E-state index in [1.165, 1.54) is 18.5 Å². The second-order valence-electron chi connectivity index (χ2n) is 4.84. The smallest absolute Gasteiger partial charge is 0.0143 e. The molecule has 1 aromatic rings. The van der Waals surface area contributed by atoms with Gasteiger partial charge in [0.15, 0.2) is 0 Å². The maximum absolute atomic E-state index is 3.66. The molecule has 1 N–H and O–H groups in total. The van der Waals surface area contributed by atoms with E-state index in [0.29, 0.717) is 6.04 Å². The van der Waals surface area contributed by atoms with Crippen LogP contribution in [0, 0.1) is 0 Å². The highest BCUT2D eigenvalue weighted by molar-refractivity contribution is 5.27. The van der Waals surface area contributed by atoms with Crippen molar-refractivity contribution in [3.8, 4) is 0 Å². The molecule has 0 aliphatic heterocycles. The normalized spacial score (nSPS) is 23.0. The van der Waals surface area contributed by atoms with E-state index in [-0.39, 0.29) is 0 Å². The van der Waals surface area contributed by atoms with E-state index >= 15 is 0 Å². The Hall–Kier alpha value is -0.860. The Kier molecular flexibility index (Phi) is 4.57. The molecule has 1 saturated carbocycles. The molecule has 0 aromatic heterocycles. The van der Waals surface area contributed by atoms with Crippen molar-refractivity contribution in [2.45, 2.75) is 32.2 Å². The van der Waals surface area contributed by atoms with Crippen molar-refractivity contribution in [2.75, 3.05) is 26.2 Å². The monoisotopic (exact) mass is 232 g/mol. The largest absolute Gasteiger partial charge is 0.312 e. The summed E-state index contributed by atoms with van der Waals surface area (Å²) in [6, 6.07) is 11.6. The van der Waals surface area contributed by atoms with E-state index in [1.54, 1.807) is 0 Å². The minimum atomic E-state index is 0.716. The third-order valence-electron chi connectivity index (χ3n) is 3.75. The topological polar surface area (TPSA) is 15.3 Å².